The van der Waals surface area contributed by atoms with E-state index in [1.165, 1.54) is 29.2 Å². The molecule has 0 saturated carbocycles. The van der Waals surface area contributed by atoms with E-state index < -0.39 is 5.92 Å². The largest absolute Gasteiger partial charge is 0.493 e. The third-order valence-corrected chi connectivity index (χ3v) is 4.57. The highest BCUT2D eigenvalue weighted by Gasteiger charge is 2.37. The van der Waals surface area contributed by atoms with Gasteiger partial charge in [0.1, 0.15) is 11.7 Å². The van der Waals surface area contributed by atoms with Crippen LogP contribution in [0.2, 0.25) is 0 Å². The summed E-state index contributed by atoms with van der Waals surface area (Å²) in [5, 5.41) is 2.80. The molecule has 7 heteroatoms. The number of hydrogen-bond donors (Lipinski definition) is 1. The number of hydrogen-bond acceptors (Lipinski definition) is 4. The zero-order valence-corrected chi connectivity index (χ0v) is 15.2. The van der Waals surface area contributed by atoms with Gasteiger partial charge in [-0.25, -0.2) is 4.39 Å². The zero-order chi connectivity index (χ0) is 19.4. The standard InChI is InChI=1S/C20H21FN2O4/c1-26-17-8-3-13(11-18(17)27-2)12-22-19(24)16-9-10-23(20(16)25)15-6-4-14(21)5-7-15/h3-8,11,16H,9-10,12H2,1-2H3,(H,22,24)/t16-/m1/s1. The maximum absolute atomic E-state index is 13.1. The average molecular weight is 372 g/mol. The van der Waals surface area contributed by atoms with E-state index in [0.29, 0.717) is 30.2 Å². The number of methoxy groups -OCH3 is 2. The van der Waals surface area contributed by atoms with Crippen molar-refractivity contribution in [3.63, 3.8) is 0 Å². The molecule has 0 radical (unpaired) electrons. The number of anilines is 1. The minimum absolute atomic E-state index is 0.272. The minimum atomic E-state index is -0.741. The summed E-state index contributed by atoms with van der Waals surface area (Å²) in [6.45, 7) is 0.707. The van der Waals surface area contributed by atoms with Crippen LogP contribution in [-0.4, -0.2) is 32.6 Å². The first-order valence-corrected chi connectivity index (χ1v) is 8.59. The first kappa shape index (κ1) is 18.7. The summed E-state index contributed by atoms with van der Waals surface area (Å²) in [5.41, 5.74) is 1.43. The molecule has 1 fully saturated rings. The van der Waals surface area contributed by atoms with E-state index >= 15 is 0 Å². The molecular formula is C20H21FN2O4. The molecule has 3 rings (SSSR count). The third-order valence-electron chi connectivity index (χ3n) is 4.57. The Labute approximate surface area is 156 Å². The molecule has 1 aliphatic heterocycles. The fraction of sp³-hybridized carbons (Fsp3) is 0.300. The number of carbonyl (C=O) groups excluding carboxylic acids is 2. The fourth-order valence-corrected chi connectivity index (χ4v) is 3.10. The first-order chi connectivity index (χ1) is 13.0. The van der Waals surface area contributed by atoms with E-state index in [2.05, 4.69) is 5.32 Å². The SMILES string of the molecule is COc1ccc(CNC(=O)[C@H]2CCN(c3ccc(F)cc3)C2=O)cc1OC. The number of amides is 2. The second-order valence-corrected chi connectivity index (χ2v) is 6.21. The molecule has 1 saturated heterocycles. The van der Waals surface area contributed by atoms with Crippen molar-refractivity contribution < 1.29 is 23.5 Å². The number of nitrogens with zero attached hydrogens (tertiary/aromatic N) is 1. The second kappa shape index (κ2) is 8.07. The Morgan fingerprint density at radius 1 is 1.15 bits per heavy atom. The molecule has 2 aromatic carbocycles. The van der Waals surface area contributed by atoms with Crippen LogP contribution in [0.1, 0.15) is 12.0 Å². The molecule has 0 aromatic heterocycles. The van der Waals surface area contributed by atoms with Crippen LogP contribution in [0, 0.1) is 11.7 Å². The normalized spacial score (nSPS) is 16.3. The topological polar surface area (TPSA) is 67.9 Å². The van der Waals surface area contributed by atoms with Crippen molar-refractivity contribution in [1.29, 1.82) is 0 Å². The molecule has 2 amide bonds. The monoisotopic (exact) mass is 372 g/mol. The molecule has 0 bridgehead atoms. The summed E-state index contributed by atoms with van der Waals surface area (Å²) in [6.07, 6.45) is 0.425. The lowest BCUT2D eigenvalue weighted by Gasteiger charge is -2.17. The average Bonchev–Trinajstić information content (AvgIpc) is 3.08. The van der Waals surface area contributed by atoms with Crippen LogP contribution in [0.15, 0.2) is 42.5 Å². The van der Waals surface area contributed by atoms with Gasteiger partial charge in [-0.15, -0.1) is 0 Å². The molecular weight excluding hydrogens is 351 g/mol. The molecule has 142 valence electrons. The summed E-state index contributed by atoms with van der Waals surface area (Å²) in [4.78, 5) is 26.5. The molecule has 1 heterocycles. The van der Waals surface area contributed by atoms with Crippen molar-refractivity contribution >= 4 is 17.5 Å². The van der Waals surface area contributed by atoms with Gasteiger partial charge in [-0.05, 0) is 48.4 Å². The molecule has 6 nitrogen and oxygen atoms in total. The number of carbonyl (C=O) groups is 2. The van der Waals surface area contributed by atoms with E-state index in [4.69, 9.17) is 9.47 Å². The molecule has 0 unspecified atom stereocenters. The van der Waals surface area contributed by atoms with Crippen molar-refractivity contribution in [2.24, 2.45) is 5.92 Å². The molecule has 0 aliphatic carbocycles. The van der Waals surface area contributed by atoms with Gasteiger partial charge in [-0.2, -0.15) is 0 Å². The number of benzene rings is 2. The van der Waals surface area contributed by atoms with Crippen LogP contribution >= 0.6 is 0 Å². The van der Waals surface area contributed by atoms with Crippen LogP contribution in [0.5, 0.6) is 11.5 Å². The van der Waals surface area contributed by atoms with E-state index in [-0.39, 0.29) is 24.2 Å². The maximum Gasteiger partial charge on any atom is 0.239 e. The Hall–Kier alpha value is -3.09. The van der Waals surface area contributed by atoms with Crippen LogP contribution in [-0.2, 0) is 16.1 Å². The van der Waals surface area contributed by atoms with Gasteiger partial charge in [0.05, 0.1) is 14.2 Å². The number of rotatable bonds is 6. The van der Waals surface area contributed by atoms with Crippen molar-refractivity contribution in [1.82, 2.24) is 5.32 Å². The van der Waals surface area contributed by atoms with Gasteiger partial charge in [0.15, 0.2) is 11.5 Å². The predicted octanol–water partition coefficient (Wildman–Crippen LogP) is 2.51. The molecule has 27 heavy (non-hydrogen) atoms. The Balaban J connectivity index is 1.62. The Morgan fingerprint density at radius 2 is 1.85 bits per heavy atom. The van der Waals surface area contributed by atoms with Crippen molar-refractivity contribution in [2.75, 3.05) is 25.7 Å². The van der Waals surface area contributed by atoms with Gasteiger partial charge < -0.3 is 19.7 Å². The van der Waals surface area contributed by atoms with Crippen molar-refractivity contribution in [3.05, 3.63) is 53.8 Å². The summed E-state index contributed by atoms with van der Waals surface area (Å²) < 4.78 is 23.5. The van der Waals surface area contributed by atoms with Gasteiger partial charge >= 0.3 is 0 Å². The quantitative estimate of drug-likeness (QED) is 0.792. The van der Waals surface area contributed by atoms with Gasteiger partial charge in [-0.1, -0.05) is 6.07 Å². The highest BCUT2D eigenvalue weighted by atomic mass is 19.1. The van der Waals surface area contributed by atoms with Crippen molar-refractivity contribution in [3.8, 4) is 11.5 Å². The summed E-state index contributed by atoms with van der Waals surface area (Å²) in [5.74, 6) is -0.521. The number of ether oxygens (including phenoxy) is 2. The van der Waals surface area contributed by atoms with Gasteiger partial charge in [-0.3, -0.25) is 9.59 Å². The Morgan fingerprint density at radius 3 is 2.52 bits per heavy atom. The van der Waals surface area contributed by atoms with Crippen LogP contribution in [0.25, 0.3) is 0 Å². The van der Waals surface area contributed by atoms with E-state index in [1.54, 1.807) is 26.4 Å². The van der Waals surface area contributed by atoms with Crippen molar-refractivity contribution in [2.45, 2.75) is 13.0 Å². The zero-order valence-electron chi connectivity index (χ0n) is 15.2. The predicted molar refractivity (Wildman–Crippen MR) is 98.3 cm³/mol. The number of nitrogens with one attached hydrogen (secondary N) is 1. The number of halogens is 1. The lowest BCUT2D eigenvalue weighted by atomic mass is 10.1. The van der Waals surface area contributed by atoms with Gasteiger partial charge in [0.25, 0.3) is 0 Å². The molecule has 0 spiro atoms. The van der Waals surface area contributed by atoms with Crippen LogP contribution < -0.4 is 19.7 Å². The third kappa shape index (κ3) is 4.02. The second-order valence-electron chi connectivity index (χ2n) is 6.21. The fourth-order valence-electron chi connectivity index (χ4n) is 3.10. The van der Waals surface area contributed by atoms with E-state index in [1.807, 2.05) is 6.07 Å². The first-order valence-electron chi connectivity index (χ1n) is 8.59. The Kier molecular flexibility index (Phi) is 5.59. The lowest BCUT2D eigenvalue weighted by Crippen LogP contribution is -2.36. The summed E-state index contributed by atoms with van der Waals surface area (Å²) in [7, 11) is 3.10. The lowest BCUT2D eigenvalue weighted by molar-refractivity contribution is -0.132. The van der Waals surface area contributed by atoms with Gasteiger partial charge in [0, 0.05) is 18.8 Å². The summed E-state index contributed by atoms with van der Waals surface area (Å²) in [6, 6.07) is 11.0. The molecule has 1 N–H and O–H groups in total. The van der Waals surface area contributed by atoms with E-state index in [9.17, 15) is 14.0 Å². The van der Waals surface area contributed by atoms with Gasteiger partial charge in [0.2, 0.25) is 11.8 Å². The van der Waals surface area contributed by atoms with Crippen LogP contribution in [0.4, 0.5) is 10.1 Å². The highest BCUT2D eigenvalue weighted by Crippen LogP contribution is 2.28. The Bertz CT molecular complexity index is 838. The smallest absolute Gasteiger partial charge is 0.239 e. The molecule has 1 aliphatic rings. The molecule has 2 aromatic rings. The van der Waals surface area contributed by atoms with E-state index in [0.717, 1.165) is 5.56 Å². The highest BCUT2D eigenvalue weighted by molar-refractivity contribution is 6.09. The summed E-state index contributed by atoms with van der Waals surface area (Å²) >= 11 is 0. The maximum atomic E-state index is 13.1. The van der Waals surface area contributed by atoms with Crippen LogP contribution in [0.3, 0.4) is 0 Å². The molecule has 1 atom stereocenters. The minimum Gasteiger partial charge on any atom is -0.493 e.